The molecule has 2 bridgehead atoms. The normalized spacial score (nSPS) is 22.9. The molecular weight excluding hydrogens is 437 g/mol. The van der Waals surface area contributed by atoms with Crippen molar-refractivity contribution in [1.82, 2.24) is 9.97 Å². The van der Waals surface area contributed by atoms with Crippen molar-refractivity contribution in [2.45, 2.75) is 57.5 Å². The van der Waals surface area contributed by atoms with Gasteiger partial charge < -0.3 is 4.42 Å². The number of fused-ring (bicyclic) bond motifs is 3. The molecule has 2 heterocycles. The lowest BCUT2D eigenvalue weighted by Crippen LogP contribution is -2.16. The highest BCUT2D eigenvalue weighted by Crippen LogP contribution is 2.46. The molecule has 5 rings (SSSR count). The zero-order valence-electron chi connectivity index (χ0n) is 17.5. The zero-order chi connectivity index (χ0) is 22.3. The molecule has 3 aromatic rings. The molecule has 0 aliphatic heterocycles. The first-order valence-electron chi connectivity index (χ1n) is 11.0. The molecule has 0 saturated heterocycles. The van der Waals surface area contributed by atoms with Crippen molar-refractivity contribution in [3.63, 3.8) is 0 Å². The fourth-order valence-corrected chi connectivity index (χ4v) is 6.18. The van der Waals surface area contributed by atoms with E-state index < -0.39 is 18.2 Å². The first-order chi connectivity index (χ1) is 15.4. The van der Waals surface area contributed by atoms with Gasteiger partial charge in [0.1, 0.15) is 16.5 Å². The average Bonchev–Trinajstić information content (AvgIpc) is 3.49. The largest absolute Gasteiger partial charge is 0.440 e. The van der Waals surface area contributed by atoms with Gasteiger partial charge in [-0.05, 0) is 49.5 Å². The summed E-state index contributed by atoms with van der Waals surface area (Å²) >= 11 is 1.41. The Morgan fingerprint density at radius 1 is 1.19 bits per heavy atom. The van der Waals surface area contributed by atoms with Crippen LogP contribution in [0.2, 0.25) is 0 Å². The number of carbonyl (C=O) groups excluding carboxylic acids is 1. The molecule has 2 atom stereocenters. The molecule has 168 valence electrons. The van der Waals surface area contributed by atoms with Gasteiger partial charge in [-0.1, -0.05) is 18.9 Å². The number of alkyl halides is 3. The molecule has 2 aliphatic rings. The molecule has 8 heteroatoms. The third-order valence-corrected chi connectivity index (χ3v) is 7.63. The van der Waals surface area contributed by atoms with Crippen LogP contribution >= 0.6 is 11.3 Å². The summed E-state index contributed by atoms with van der Waals surface area (Å²) < 4.78 is 45.2. The highest BCUT2D eigenvalue weighted by molar-refractivity contribution is 7.13. The molecule has 0 radical (unpaired) electrons. The number of aryl methyl sites for hydroxylation is 1. The SMILES string of the molecule is O=C=C(CC(F)(F)F)c1ccc(-c2nccs2)c2oc(CCC3CC4CCC(C3)C4)nc12. The van der Waals surface area contributed by atoms with Gasteiger partial charge in [0, 0.05) is 23.6 Å². The number of halogens is 3. The molecular formula is C24H23F3N2O2S. The zero-order valence-corrected chi connectivity index (χ0v) is 18.3. The summed E-state index contributed by atoms with van der Waals surface area (Å²) in [5, 5.41) is 2.52. The van der Waals surface area contributed by atoms with Crippen molar-refractivity contribution in [3.05, 3.63) is 35.2 Å². The summed E-state index contributed by atoms with van der Waals surface area (Å²) in [6.45, 7) is 0. The van der Waals surface area contributed by atoms with Crippen LogP contribution in [0.5, 0.6) is 0 Å². The van der Waals surface area contributed by atoms with Crippen LogP contribution < -0.4 is 0 Å². The van der Waals surface area contributed by atoms with Gasteiger partial charge in [0.05, 0.1) is 17.6 Å². The molecule has 0 spiro atoms. The molecule has 32 heavy (non-hydrogen) atoms. The van der Waals surface area contributed by atoms with Gasteiger partial charge in [-0.3, -0.25) is 0 Å². The van der Waals surface area contributed by atoms with E-state index in [0.29, 0.717) is 34.4 Å². The lowest BCUT2D eigenvalue weighted by Gasteiger charge is -2.27. The molecule has 2 aliphatic carbocycles. The minimum atomic E-state index is -4.51. The maximum absolute atomic E-state index is 13.0. The van der Waals surface area contributed by atoms with Gasteiger partial charge in [-0.15, -0.1) is 11.3 Å². The van der Waals surface area contributed by atoms with E-state index in [-0.39, 0.29) is 11.1 Å². The second-order valence-electron chi connectivity index (χ2n) is 9.08. The Balaban J connectivity index is 1.48. The Bertz CT molecular complexity index is 1150. The van der Waals surface area contributed by atoms with E-state index in [1.165, 1.54) is 55.4 Å². The standard InChI is InChI=1S/C24H23F3N2O2S/c25-24(26,27)12-17(13-30)18-4-5-19(23-28-7-8-32-23)22-21(18)29-20(31-22)6-3-16-10-14-1-2-15(9-14)11-16/h4-5,7-8,14-16H,1-3,6,9-12H2. The Hall–Kier alpha value is -2.44. The number of hydrogen-bond donors (Lipinski definition) is 0. The highest BCUT2D eigenvalue weighted by Gasteiger charge is 2.34. The summed E-state index contributed by atoms with van der Waals surface area (Å²) in [7, 11) is 0. The third-order valence-electron chi connectivity index (χ3n) is 6.83. The molecule has 1 aromatic carbocycles. The number of benzene rings is 1. The topological polar surface area (TPSA) is 56.0 Å². The highest BCUT2D eigenvalue weighted by atomic mass is 32.1. The van der Waals surface area contributed by atoms with Gasteiger partial charge in [0.25, 0.3) is 0 Å². The van der Waals surface area contributed by atoms with Gasteiger partial charge in [-0.2, -0.15) is 13.2 Å². The van der Waals surface area contributed by atoms with Crippen LogP contribution in [-0.4, -0.2) is 22.1 Å². The van der Waals surface area contributed by atoms with E-state index in [9.17, 15) is 18.0 Å². The summed E-state index contributed by atoms with van der Waals surface area (Å²) in [5.74, 6) is 4.31. The number of thiazole rings is 1. The van der Waals surface area contributed by atoms with E-state index in [1.54, 1.807) is 12.3 Å². The number of rotatable bonds is 6. The lowest BCUT2D eigenvalue weighted by molar-refractivity contribution is -0.122. The van der Waals surface area contributed by atoms with Crippen LogP contribution in [-0.2, 0) is 11.2 Å². The fraction of sp³-hybridized carbons (Fsp3) is 0.500. The van der Waals surface area contributed by atoms with Crippen LogP contribution in [0.25, 0.3) is 27.2 Å². The molecule has 0 amide bonds. The van der Waals surface area contributed by atoms with Crippen molar-refractivity contribution in [3.8, 4) is 10.6 Å². The first kappa shape index (κ1) is 21.4. The van der Waals surface area contributed by atoms with Crippen molar-refractivity contribution in [1.29, 1.82) is 0 Å². The Morgan fingerprint density at radius 3 is 2.62 bits per heavy atom. The van der Waals surface area contributed by atoms with Crippen LogP contribution in [0.1, 0.15) is 56.4 Å². The average molecular weight is 461 g/mol. The minimum absolute atomic E-state index is 0.123. The van der Waals surface area contributed by atoms with E-state index in [1.807, 2.05) is 5.38 Å². The Labute approximate surface area is 187 Å². The van der Waals surface area contributed by atoms with Gasteiger partial charge in [0.2, 0.25) is 0 Å². The number of aromatic nitrogens is 2. The summed E-state index contributed by atoms with van der Waals surface area (Å²) in [4.78, 5) is 20.3. The predicted molar refractivity (Wildman–Crippen MR) is 117 cm³/mol. The van der Waals surface area contributed by atoms with E-state index in [0.717, 1.165) is 18.3 Å². The first-order valence-corrected chi connectivity index (χ1v) is 11.9. The minimum Gasteiger partial charge on any atom is -0.440 e. The van der Waals surface area contributed by atoms with Crippen LogP contribution in [0.3, 0.4) is 0 Å². The van der Waals surface area contributed by atoms with Crippen LogP contribution in [0, 0.1) is 17.8 Å². The second kappa shape index (κ2) is 8.49. The van der Waals surface area contributed by atoms with Crippen LogP contribution in [0.15, 0.2) is 28.1 Å². The van der Waals surface area contributed by atoms with Crippen molar-refractivity contribution in [2.75, 3.05) is 0 Å². The molecule has 4 nitrogen and oxygen atoms in total. The van der Waals surface area contributed by atoms with Crippen molar-refractivity contribution in [2.24, 2.45) is 17.8 Å². The number of nitrogens with zero attached hydrogens (tertiary/aromatic N) is 2. The Kier molecular flexibility index (Phi) is 5.68. The van der Waals surface area contributed by atoms with E-state index in [2.05, 4.69) is 9.97 Å². The van der Waals surface area contributed by atoms with Gasteiger partial charge in [0.15, 0.2) is 11.5 Å². The Morgan fingerprint density at radius 2 is 1.97 bits per heavy atom. The number of hydrogen-bond acceptors (Lipinski definition) is 5. The molecule has 0 N–H and O–H groups in total. The number of allylic oxidation sites excluding steroid dienone is 1. The summed E-state index contributed by atoms with van der Waals surface area (Å²) in [5.41, 5.74) is 0.991. The van der Waals surface area contributed by atoms with E-state index >= 15 is 0 Å². The number of oxazole rings is 1. The molecule has 2 aromatic heterocycles. The smallest absolute Gasteiger partial charge is 0.393 e. The monoisotopic (exact) mass is 460 g/mol. The maximum atomic E-state index is 13.0. The lowest BCUT2D eigenvalue weighted by atomic mass is 9.79. The predicted octanol–water partition coefficient (Wildman–Crippen LogP) is 6.88. The van der Waals surface area contributed by atoms with Crippen molar-refractivity contribution < 1.29 is 22.4 Å². The van der Waals surface area contributed by atoms with Gasteiger partial charge in [-0.25, -0.2) is 14.8 Å². The molecule has 2 fully saturated rings. The van der Waals surface area contributed by atoms with E-state index in [4.69, 9.17) is 4.42 Å². The summed E-state index contributed by atoms with van der Waals surface area (Å²) in [6, 6.07) is 3.15. The van der Waals surface area contributed by atoms with Gasteiger partial charge >= 0.3 is 6.18 Å². The third kappa shape index (κ3) is 4.39. The second-order valence-corrected chi connectivity index (χ2v) is 9.97. The molecule has 2 unspecified atom stereocenters. The van der Waals surface area contributed by atoms with Crippen molar-refractivity contribution >= 4 is 34.0 Å². The summed E-state index contributed by atoms with van der Waals surface area (Å²) in [6.07, 6.45) is 3.92. The quantitative estimate of drug-likeness (QED) is 0.376. The fourth-order valence-electron chi connectivity index (χ4n) is 5.52. The van der Waals surface area contributed by atoms with Crippen LogP contribution in [0.4, 0.5) is 13.2 Å². The molecule has 2 saturated carbocycles. The maximum Gasteiger partial charge on any atom is 0.393 e.